The number of aryl methyl sites for hydroxylation is 1. The molecule has 0 aliphatic carbocycles. The van der Waals surface area contributed by atoms with E-state index in [1.54, 1.807) is 11.5 Å². The number of nitrogens with zero attached hydrogens (tertiary/aromatic N) is 2. The number of pyridine rings is 2. The lowest BCUT2D eigenvalue weighted by Crippen LogP contribution is -2.20. The lowest BCUT2D eigenvalue weighted by atomic mass is 10.1. The van der Waals surface area contributed by atoms with Gasteiger partial charge in [-0.25, -0.2) is 9.78 Å². The normalized spacial score (nSPS) is 10.7. The van der Waals surface area contributed by atoms with Crippen molar-refractivity contribution in [1.29, 1.82) is 0 Å². The second kappa shape index (κ2) is 5.40. The highest BCUT2D eigenvalue weighted by molar-refractivity contribution is 6.30. The van der Waals surface area contributed by atoms with Crippen molar-refractivity contribution in [3.05, 3.63) is 39.4 Å². The van der Waals surface area contributed by atoms with Gasteiger partial charge in [-0.1, -0.05) is 11.6 Å². The van der Waals surface area contributed by atoms with Crippen LogP contribution in [-0.2, 0) is 11.3 Å². The number of hydrogen-bond donors (Lipinski definition) is 0. The molecule has 0 aromatic carbocycles. The number of aromatic nitrogens is 2. The van der Waals surface area contributed by atoms with Crippen LogP contribution in [0.1, 0.15) is 24.2 Å². The first-order valence-corrected chi connectivity index (χ1v) is 6.32. The van der Waals surface area contributed by atoms with Crippen molar-refractivity contribution in [3.8, 4) is 0 Å². The minimum absolute atomic E-state index is 0.0125. The molecule has 0 saturated heterocycles. The zero-order valence-corrected chi connectivity index (χ0v) is 11.4. The van der Waals surface area contributed by atoms with Gasteiger partial charge in [0, 0.05) is 12.7 Å². The molecule has 0 spiro atoms. The molecular weight excluding hydrogens is 268 g/mol. The van der Waals surface area contributed by atoms with E-state index in [0.29, 0.717) is 17.4 Å². The molecule has 100 valence electrons. The summed E-state index contributed by atoms with van der Waals surface area (Å²) in [7, 11) is 0. The fourth-order valence-corrected chi connectivity index (χ4v) is 2.04. The molecule has 0 N–H and O–H groups in total. The van der Waals surface area contributed by atoms with Gasteiger partial charge in [0.1, 0.15) is 10.7 Å². The SMILES string of the molecule is CCOC(=O)c1cn(CC)c2cnc(Cl)cc2c1=O. The second-order valence-electron chi connectivity index (χ2n) is 3.90. The minimum atomic E-state index is -0.621. The number of carbonyl (C=O) groups excluding carboxylic acids is 1. The van der Waals surface area contributed by atoms with E-state index in [2.05, 4.69) is 4.98 Å². The summed E-state index contributed by atoms with van der Waals surface area (Å²) in [5, 5.41) is 0.584. The van der Waals surface area contributed by atoms with Crippen LogP contribution in [0.2, 0.25) is 5.15 Å². The van der Waals surface area contributed by atoms with Gasteiger partial charge in [0.15, 0.2) is 0 Å². The maximum atomic E-state index is 12.3. The molecule has 5 nitrogen and oxygen atoms in total. The summed E-state index contributed by atoms with van der Waals surface area (Å²) in [5.74, 6) is -0.621. The van der Waals surface area contributed by atoms with Crippen LogP contribution in [0, 0.1) is 0 Å². The van der Waals surface area contributed by atoms with E-state index in [4.69, 9.17) is 16.3 Å². The third-order valence-electron chi connectivity index (χ3n) is 2.77. The third kappa shape index (κ3) is 2.46. The molecule has 2 rings (SSSR count). The summed E-state index contributed by atoms with van der Waals surface area (Å²) >= 11 is 5.80. The van der Waals surface area contributed by atoms with E-state index in [9.17, 15) is 9.59 Å². The molecule has 6 heteroatoms. The highest BCUT2D eigenvalue weighted by atomic mass is 35.5. The van der Waals surface area contributed by atoms with Crippen LogP contribution in [0.15, 0.2) is 23.3 Å². The van der Waals surface area contributed by atoms with Gasteiger partial charge < -0.3 is 9.30 Å². The van der Waals surface area contributed by atoms with Gasteiger partial charge in [-0.3, -0.25) is 4.79 Å². The van der Waals surface area contributed by atoms with Crippen LogP contribution in [0.3, 0.4) is 0 Å². The number of ether oxygens (including phenoxy) is 1. The van der Waals surface area contributed by atoms with Crippen LogP contribution in [-0.4, -0.2) is 22.1 Å². The number of carbonyl (C=O) groups is 1. The molecule has 0 aliphatic heterocycles. The first kappa shape index (κ1) is 13.5. The van der Waals surface area contributed by atoms with E-state index in [1.807, 2.05) is 6.92 Å². The Labute approximate surface area is 114 Å². The summed E-state index contributed by atoms with van der Waals surface area (Å²) in [6, 6.07) is 1.47. The number of halogens is 1. The predicted molar refractivity (Wildman–Crippen MR) is 72.6 cm³/mol. The van der Waals surface area contributed by atoms with Gasteiger partial charge in [-0.2, -0.15) is 0 Å². The first-order chi connectivity index (χ1) is 9.08. The topological polar surface area (TPSA) is 61.2 Å². The van der Waals surface area contributed by atoms with Crippen molar-refractivity contribution in [2.75, 3.05) is 6.61 Å². The fraction of sp³-hybridized carbons (Fsp3) is 0.308. The summed E-state index contributed by atoms with van der Waals surface area (Å²) in [4.78, 5) is 28.0. The highest BCUT2D eigenvalue weighted by Crippen LogP contribution is 2.15. The molecule has 2 heterocycles. The Morgan fingerprint density at radius 2 is 2.21 bits per heavy atom. The molecule has 0 radical (unpaired) electrons. The molecule has 0 unspecified atom stereocenters. The monoisotopic (exact) mass is 280 g/mol. The van der Waals surface area contributed by atoms with Gasteiger partial charge in [-0.15, -0.1) is 0 Å². The Morgan fingerprint density at radius 1 is 1.47 bits per heavy atom. The summed E-state index contributed by atoms with van der Waals surface area (Å²) in [6.07, 6.45) is 3.02. The van der Waals surface area contributed by atoms with E-state index in [0.717, 1.165) is 0 Å². The number of fused-ring (bicyclic) bond motifs is 1. The quantitative estimate of drug-likeness (QED) is 0.639. The maximum absolute atomic E-state index is 12.3. The van der Waals surface area contributed by atoms with Crippen LogP contribution in [0.4, 0.5) is 0 Å². The average Bonchev–Trinajstić information content (AvgIpc) is 2.40. The van der Waals surface area contributed by atoms with Crippen molar-refractivity contribution in [2.24, 2.45) is 0 Å². The Bertz CT molecular complexity index is 694. The van der Waals surface area contributed by atoms with Crippen molar-refractivity contribution in [3.63, 3.8) is 0 Å². The first-order valence-electron chi connectivity index (χ1n) is 5.94. The number of hydrogen-bond acceptors (Lipinski definition) is 4. The standard InChI is InChI=1S/C13H13ClN2O3/c1-3-16-7-9(13(18)19-4-2)12(17)8-5-11(14)15-6-10(8)16/h5-7H,3-4H2,1-2H3. The van der Waals surface area contributed by atoms with E-state index in [1.165, 1.54) is 18.5 Å². The molecule has 19 heavy (non-hydrogen) atoms. The van der Waals surface area contributed by atoms with Crippen molar-refractivity contribution in [2.45, 2.75) is 20.4 Å². The van der Waals surface area contributed by atoms with Crippen LogP contribution < -0.4 is 5.43 Å². The maximum Gasteiger partial charge on any atom is 0.343 e. The molecule has 0 saturated carbocycles. The number of esters is 1. The summed E-state index contributed by atoms with van der Waals surface area (Å²) in [5.41, 5.74) is 0.269. The Morgan fingerprint density at radius 3 is 2.84 bits per heavy atom. The molecule has 2 aromatic heterocycles. The van der Waals surface area contributed by atoms with Crippen LogP contribution >= 0.6 is 11.6 Å². The van der Waals surface area contributed by atoms with Crippen LogP contribution in [0.25, 0.3) is 10.9 Å². The summed E-state index contributed by atoms with van der Waals surface area (Å²) < 4.78 is 6.66. The van der Waals surface area contributed by atoms with Gasteiger partial charge in [0.05, 0.1) is 23.7 Å². The fourth-order valence-electron chi connectivity index (χ4n) is 1.88. The van der Waals surface area contributed by atoms with Crippen molar-refractivity contribution in [1.82, 2.24) is 9.55 Å². The van der Waals surface area contributed by atoms with Gasteiger partial charge in [0.2, 0.25) is 5.43 Å². The molecule has 0 atom stereocenters. The van der Waals surface area contributed by atoms with Gasteiger partial charge in [0.25, 0.3) is 0 Å². The Balaban J connectivity index is 2.77. The Hall–Kier alpha value is -1.88. The smallest absolute Gasteiger partial charge is 0.343 e. The minimum Gasteiger partial charge on any atom is -0.462 e. The van der Waals surface area contributed by atoms with Crippen molar-refractivity contribution >= 4 is 28.5 Å². The molecule has 0 fully saturated rings. The molecule has 0 bridgehead atoms. The van der Waals surface area contributed by atoms with Gasteiger partial charge >= 0.3 is 5.97 Å². The van der Waals surface area contributed by atoms with Gasteiger partial charge in [-0.05, 0) is 19.9 Å². The van der Waals surface area contributed by atoms with E-state index >= 15 is 0 Å². The zero-order valence-electron chi connectivity index (χ0n) is 10.6. The Kier molecular flexibility index (Phi) is 3.85. The molecule has 2 aromatic rings. The van der Waals surface area contributed by atoms with E-state index < -0.39 is 5.97 Å². The lowest BCUT2D eigenvalue weighted by Gasteiger charge is -2.10. The zero-order chi connectivity index (χ0) is 14.0. The predicted octanol–water partition coefficient (Wildman–Crippen LogP) is 2.25. The van der Waals surface area contributed by atoms with E-state index in [-0.39, 0.29) is 22.8 Å². The molecular formula is C13H13ClN2O3. The van der Waals surface area contributed by atoms with Crippen molar-refractivity contribution < 1.29 is 9.53 Å². The lowest BCUT2D eigenvalue weighted by molar-refractivity contribution is 0.0524. The average molecular weight is 281 g/mol. The second-order valence-corrected chi connectivity index (χ2v) is 4.29. The number of rotatable bonds is 3. The summed E-state index contributed by atoms with van der Waals surface area (Å²) in [6.45, 7) is 4.43. The highest BCUT2D eigenvalue weighted by Gasteiger charge is 2.16. The third-order valence-corrected chi connectivity index (χ3v) is 2.98. The molecule has 0 aliphatic rings. The molecule has 0 amide bonds. The van der Waals surface area contributed by atoms with Crippen LogP contribution in [0.5, 0.6) is 0 Å². The largest absolute Gasteiger partial charge is 0.462 e.